The molecule has 1 amide bonds. The zero-order valence-corrected chi connectivity index (χ0v) is 13.4. The number of hydrogen-bond acceptors (Lipinski definition) is 4. The van der Waals surface area contributed by atoms with Crippen LogP contribution in [0, 0.1) is 0 Å². The van der Waals surface area contributed by atoms with Gasteiger partial charge in [0.15, 0.2) is 5.82 Å². The molecule has 8 heteroatoms. The molecule has 24 heavy (non-hydrogen) atoms. The van der Waals surface area contributed by atoms with E-state index >= 15 is 0 Å². The van der Waals surface area contributed by atoms with Gasteiger partial charge in [0.1, 0.15) is 11.5 Å². The largest absolute Gasteiger partial charge is 0.357 e. The van der Waals surface area contributed by atoms with Crippen LogP contribution in [0.2, 0.25) is 0 Å². The fourth-order valence-electron chi connectivity index (χ4n) is 3.09. The molecule has 8 nitrogen and oxygen atoms in total. The van der Waals surface area contributed by atoms with Crippen molar-refractivity contribution in [3.05, 3.63) is 54.4 Å². The van der Waals surface area contributed by atoms with E-state index < -0.39 is 0 Å². The maximum Gasteiger partial charge on any atom is 0.267 e. The maximum absolute atomic E-state index is 12.0. The summed E-state index contributed by atoms with van der Waals surface area (Å²) in [5.74, 6) is 2.17. The molecule has 3 aromatic rings. The second-order valence-electron chi connectivity index (χ2n) is 6.19. The van der Waals surface area contributed by atoms with Crippen molar-refractivity contribution in [1.29, 1.82) is 0 Å². The van der Waals surface area contributed by atoms with Crippen LogP contribution in [-0.4, -0.2) is 41.2 Å². The lowest BCUT2D eigenvalue weighted by Gasteiger charge is -2.34. The number of carbonyl (C=O) groups is 1. The van der Waals surface area contributed by atoms with Gasteiger partial charge in [0.2, 0.25) is 0 Å². The number of imidazole rings is 1. The molecule has 0 aliphatic heterocycles. The van der Waals surface area contributed by atoms with Gasteiger partial charge in [-0.05, 0) is 25.0 Å². The van der Waals surface area contributed by atoms with Crippen molar-refractivity contribution >= 4 is 5.91 Å². The molecule has 3 aromatic heterocycles. The summed E-state index contributed by atoms with van der Waals surface area (Å²) in [7, 11) is 1.99. The molecule has 1 fully saturated rings. The summed E-state index contributed by atoms with van der Waals surface area (Å²) in [4.78, 5) is 19.0. The first-order valence-corrected chi connectivity index (χ1v) is 7.99. The molecule has 1 aliphatic carbocycles. The average molecular weight is 325 g/mol. The standard InChI is InChI=1S/C16H19N7O/c1-22-14(9-23-6-5-17-10-23)20-21-15(22)11-7-12(8-11)19-16(24)13-3-2-4-18-13/h2-6,10-12,18H,7-9H2,1H3,(H,19,24). The summed E-state index contributed by atoms with van der Waals surface area (Å²) in [6.45, 7) is 0.656. The van der Waals surface area contributed by atoms with Gasteiger partial charge in [-0.2, -0.15) is 0 Å². The number of nitrogens with zero attached hydrogens (tertiary/aromatic N) is 5. The van der Waals surface area contributed by atoms with Crippen molar-refractivity contribution in [3.8, 4) is 0 Å². The third kappa shape index (κ3) is 2.70. The lowest BCUT2D eigenvalue weighted by molar-refractivity contribution is 0.0902. The summed E-state index contributed by atoms with van der Waals surface area (Å²) >= 11 is 0. The first-order valence-electron chi connectivity index (χ1n) is 7.99. The highest BCUT2D eigenvalue weighted by atomic mass is 16.1. The van der Waals surface area contributed by atoms with E-state index in [1.165, 1.54) is 0 Å². The summed E-state index contributed by atoms with van der Waals surface area (Å²) in [6.07, 6.45) is 8.96. The van der Waals surface area contributed by atoms with E-state index in [9.17, 15) is 4.79 Å². The summed E-state index contributed by atoms with van der Waals surface area (Å²) < 4.78 is 4.02. The number of amides is 1. The Kier molecular flexibility index (Phi) is 3.64. The summed E-state index contributed by atoms with van der Waals surface area (Å²) in [6, 6.07) is 3.79. The normalized spacial score (nSPS) is 19.9. The van der Waals surface area contributed by atoms with Gasteiger partial charge in [-0.15, -0.1) is 10.2 Å². The molecule has 0 radical (unpaired) electrons. The number of hydrogen-bond donors (Lipinski definition) is 2. The van der Waals surface area contributed by atoms with Gasteiger partial charge in [-0.1, -0.05) is 0 Å². The Balaban J connectivity index is 1.35. The molecule has 1 aliphatic rings. The van der Waals surface area contributed by atoms with Crippen molar-refractivity contribution in [3.63, 3.8) is 0 Å². The Morgan fingerprint density at radius 2 is 2.29 bits per heavy atom. The van der Waals surface area contributed by atoms with Crippen molar-refractivity contribution in [1.82, 2.24) is 34.6 Å². The molecule has 124 valence electrons. The minimum absolute atomic E-state index is 0.0535. The molecule has 0 atom stereocenters. The van der Waals surface area contributed by atoms with Crippen LogP contribution < -0.4 is 5.32 Å². The maximum atomic E-state index is 12.0. The van der Waals surface area contributed by atoms with E-state index in [-0.39, 0.29) is 11.9 Å². The van der Waals surface area contributed by atoms with Crippen molar-refractivity contribution in [2.75, 3.05) is 0 Å². The molecule has 0 aromatic carbocycles. The smallest absolute Gasteiger partial charge is 0.267 e. The van der Waals surface area contributed by atoms with E-state index in [0.717, 1.165) is 24.5 Å². The van der Waals surface area contributed by atoms with Crippen molar-refractivity contribution in [2.45, 2.75) is 31.3 Å². The van der Waals surface area contributed by atoms with E-state index in [0.29, 0.717) is 18.2 Å². The Morgan fingerprint density at radius 3 is 3.00 bits per heavy atom. The summed E-state index contributed by atoms with van der Waals surface area (Å²) in [5.41, 5.74) is 0.597. The zero-order chi connectivity index (χ0) is 16.5. The summed E-state index contributed by atoms with van der Waals surface area (Å²) in [5, 5.41) is 11.7. The fraction of sp³-hybridized carbons (Fsp3) is 0.375. The monoisotopic (exact) mass is 325 g/mol. The molecule has 0 unspecified atom stereocenters. The average Bonchev–Trinajstić information content (AvgIpc) is 3.27. The number of aromatic amines is 1. The predicted molar refractivity (Wildman–Crippen MR) is 86.4 cm³/mol. The van der Waals surface area contributed by atoms with Crippen molar-refractivity contribution in [2.24, 2.45) is 7.05 Å². The number of rotatable bonds is 5. The number of carbonyl (C=O) groups excluding carboxylic acids is 1. The predicted octanol–water partition coefficient (Wildman–Crippen LogP) is 1.06. The minimum Gasteiger partial charge on any atom is -0.357 e. The SMILES string of the molecule is Cn1c(Cn2ccnc2)nnc1C1CC(NC(=O)c2ccc[nH]2)C1. The second-order valence-corrected chi connectivity index (χ2v) is 6.19. The fourth-order valence-corrected chi connectivity index (χ4v) is 3.09. The molecule has 0 saturated heterocycles. The van der Waals surface area contributed by atoms with E-state index in [1.807, 2.05) is 28.4 Å². The number of nitrogens with one attached hydrogen (secondary N) is 2. The first kappa shape index (κ1) is 14.7. The van der Waals surface area contributed by atoms with Crippen LogP contribution in [0.3, 0.4) is 0 Å². The highest BCUT2D eigenvalue weighted by Gasteiger charge is 2.35. The van der Waals surface area contributed by atoms with Crippen molar-refractivity contribution < 1.29 is 4.79 Å². The minimum atomic E-state index is -0.0535. The van der Waals surface area contributed by atoms with E-state index in [2.05, 4.69) is 25.5 Å². The highest BCUT2D eigenvalue weighted by Crippen LogP contribution is 2.36. The quantitative estimate of drug-likeness (QED) is 0.733. The third-order valence-corrected chi connectivity index (χ3v) is 4.56. The number of H-pyrrole nitrogens is 1. The van der Waals surface area contributed by atoms with Gasteiger partial charge >= 0.3 is 0 Å². The van der Waals surface area contributed by atoms with Gasteiger partial charge in [-0.25, -0.2) is 4.98 Å². The van der Waals surface area contributed by atoms with Gasteiger partial charge in [0.25, 0.3) is 5.91 Å². The molecular weight excluding hydrogens is 306 g/mol. The Labute approximate surface area is 138 Å². The van der Waals surface area contributed by atoms with Crippen LogP contribution in [0.1, 0.15) is 40.9 Å². The van der Waals surface area contributed by atoms with Gasteiger partial charge in [0, 0.05) is 37.6 Å². The number of aromatic nitrogens is 6. The molecule has 2 N–H and O–H groups in total. The lowest BCUT2D eigenvalue weighted by Crippen LogP contribution is -2.44. The van der Waals surface area contributed by atoms with Crippen LogP contribution in [0.25, 0.3) is 0 Å². The Bertz CT molecular complexity index is 813. The Morgan fingerprint density at radius 1 is 1.42 bits per heavy atom. The molecule has 0 bridgehead atoms. The van der Waals surface area contributed by atoms with Crippen LogP contribution in [0.15, 0.2) is 37.1 Å². The topological polar surface area (TPSA) is 93.4 Å². The van der Waals surface area contributed by atoms with Crippen LogP contribution in [0.4, 0.5) is 0 Å². The first-order chi connectivity index (χ1) is 11.7. The van der Waals surface area contributed by atoms with Gasteiger partial charge < -0.3 is 19.4 Å². The molecule has 4 rings (SSSR count). The van der Waals surface area contributed by atoms with E-state index in [4.69, 9.17) is 0 Å². The van der Waals surface area contributed by atoms with Crippen LogP contribution in [0.5, 0.6) is 0 Å². The molecule has 1 saturated carbocycles. The van der Waals surface area contributed by atoms with Crippen LogP contribution >= 0.6 is 0 Å². The second kappa shape index (κ2) is 5.95. The van der Waals surface area contributed by atoms with Gasteiger partial charge in [0.05, 0.1) is 12.9 Å². The molecule has 0 spiro atoms. The Hall–Kier alpha value is -2.90. The zero-order valence-electron chi connectivity index (χ0n) is 13.4. The molecular formula is C16H19N7O. The van der Waals surface area contributed by atoms with Gasteiger partial charge in [-0.3, -0.25) is 4.79 Å². The molecule has 3 heterocycles. The van der Waals surface area contributed by atoms with Crippen LogP contribution in [-0.2, 0) is 13.6 Å². The third-order valence-electron chi connectivity index (χ3n) is 4.56. The highest BCUT2D eigenvalue weighted by molar-refractivity contribution is 5.92. The van der Waals surface area contributed by atoms with E-state index in [1.54, 1.807) is 24.8 Å². The lowest BCUT2D eigenvalue weighted by atomic mass is 9.79.